The maximum Gasteiger partial charge on any atom is 0.307 e. The largest absolute Gasteiger partial charge is 0.462 e. The maximum absolute atomic E-state index is 12.7. The van der Waals surface area contributed by atoms with Gasteiger partial charge in [-0.05, 0) is 86.5 Å². The molecule has 0 unspecified atom stereocenters. The first-order chi connectivity index (χ1) is 15.6. The summed E-state index contributed by atoms with van der Waals surface area (Å²) in [5.74, 6) is 2.44. The van der Waals surface area contributed by atoms with Gasteiger partial charge in [0.05, 0.1) is 6.42 Å². The third-order valence-corrected chi connectivity index (χ3v) is 10.7. The number of esters is 1. The van der Waals surface area contributed by atoms with Crippen molar-refractivity contribution in [2.24, 2.45) is 34.0 Å². The average Bonchev–Trinajstić information content (AvgIpc) is 3.06. The average molecular weight is 456 g/mol. The lowest BCUT2D eigenvalue weighted by atomic mass is 9.48. The molecular weight excluding hydrogens is 410 g/mol. The Morgan fingerprint density at radius 3 is 2.61 bits per heavy atom. The van der Waals surface area contributed by atoms with Gasteiger partial charge in [0.1, 0.15) is 11.9 Å². The van der Waals surface area contributed by atoms with Gasteiger partial charge in [-0.2, -0.15) is 0 Å². The second-order valence-corrected chi connectivity index (χ2v) is 13.3. The predicted molar refractivity (Wildman–Crippen MR) is 131 cm³/mol. The first-order valence-corrected chi connectivity index (χ1v) is 13.8. The molecule has 1 saturated heterocycles. The van der Waals surface area contributed by atoms with Gasteiger partial charge < -0.3 is 9.64 Å². The molecule has 0 spiro atoms. The van der Waals surface area contributed by atoms with Crippen LogP contribution in [-0.4, -0.2) is 42.4 Å². The van der Waals surface area contributed by atoms with Gasteiger partial charge in [-0.25, -0.2) is 0 Å². The van der Waals surface area contributed by atoms with Crippen molar-refractivity contribution in [1.82, 2.24) is 4.90 Å². The van der Waals surface area contributed by atoms with E-state index in [-0.39, 0.29) is 22.9 Å². The van der Waals surface area contributed by atoms with Crippen molar-refractivity contribution in [3.05, 3.63) is 11.6 Å². The van der Waals surface area contributed by atoms with E-state index < -0.39 is 0 Å². The number of Topliss-reactive ketones (excluding diaryl/α,β-unsaturated/α-hetero) is 1. The van der Waals surface area contributed by atoms with Gasteiger partial charge in [0.15, 0.2) is 0 Å². The summed E-state index contributed by atoms with van der Waals surface area (Å²) in [5.41, 5.74) is 2.08. The fourth-order valence-electron chi connectivity index (χ4n) is 8.73. The Labute approximate surface area is 200 Å². The van der Waals surface area contributed by atoms with Crippen molar-refractivity contribution in [2.75, 3.05) is 19.6 Å². The molecule has 0 bridgehead atoms. The number of ether oxygens (including phenoxy) is 1. The topological polar surface area (TPSA) is 46.6 Å². The molecule has 5 aliphatic rings. The zero-order chi connectivity index (χ0) is 23.4. The van der Waals surface area contributed by atoms with Crippen molar-refractivity contribution in [1.29, 1.82) is 0 Å². The minimum absolute atomic E-state index is 0.0147. The first kappa shape index (κ1) is 23.6. The van der Waals surface area contributed by atoms with Crippen LogP contribution < -0.4 is 0 Å². The number of carbonyl (C=O) groups excluding carboxylic acids is 2. The molecule has 0 N–H and O–H groups in total. The van der Waals surface area contributed by atoms with Crippen LogP contribution in [0.25, 0.3) is 0 Å². The fraction of sp³-hybridized carbons (Fsp3) is 0.862. The SMILES string of the molecule is CC1(C)CCCN(CCC(=O)O[C@@H]2CC[C@@]3(C)C(=CC[C@@H]4[C@H]5CCC(=O)[C@]5(C)CC[C@H]43)C2)C1. The van der Waals surface area contributed by atoms with Gasteiger partial charge in [-0.1, -0.05) is 39.3 Å². The highest BCUT2D eigenvalue weighted by atomic mass is 16.5. The van der Waals surface area contributed by atoms with Gasteiger partial charge in [0, 0.05) is 31.3 Å². The van der Waals surface area contributed by atoms with Crippen molar-refractivity contribution >= 4 is 11.8 Å². The standard InChI is InChI=1S/C29H45NO3/c1-27(2)13-5-16-30(19-27)17-12-26(32)33-21-10-14-28(3)20(18-21)6-7-22-23-8-9-25(31)29(23,4)15-11-24(22)28/h6,21-24H,5,7-19H2,1-4H3/t21-,22-,23-,24-,28+,29-/m1/s1. The molecule has 3 saturated carbocycles. The van der Waals surface area contributed by atoms with Crippen LogP contribution in [-0.2, 0) is 14.3 Å². The number of ketones is 1. The molecular formula is C29H45NO3. The molecule has 4 aliphatic carbocycles. The summed E-state index contributed by atoms with van der Waals surface area (Å²) in [5, 5.41) is 0. The van der Waals surface area contributed by atoms with E-state index in [1.54, 1.807) is 5.57 Å². The first-order valence-electron chi connectivity index (χ1n) is 13.8. The third kappa shape index (κ3) is 4.23. The molecule has 33 heavy (non-hydrogen) atoms. The highest BCUT2D eigenvalue weighted by Crippen LogP contribution is 2.64. The lowest BCUT2D eigenvalue weighted by Crippen LogP contribution is -2.50. The lowest BCUT2D eigenvalue weighted by molar-refractivity contribution is -0.152. The summed E-state index contributed by atoms with van der Waals surface area (Å²) < 4.78 is 6.01. The fourth-order valence-corrected chi connectivity index (χ4v) is 8.73. The van der Waals surface area contributed by atoms with Crippen molar-refractivity contribution < 1.29 is 14.3 Å². The number of hydrogen-bond acceptors (Lipinski definition) is 4. The minimum Gasteiger partial charge on any atom is -0.462 e. The molecule has 4 nitrogen and oxygen atoms in total. The minimum atomic E-state index is -0.0564. The molecule has 0 radical (unpaired) electrons. The van der Waals surface area contributed by atoms with Crippen LogP contribution in [0.3, 0.4) is 0 Å². The molecule has 1 aliphatic heterocycles. The van der Waals surface area contributed by atoms with Gasteiger partial charge >= 0.3 is 5.97 Å². The Kier molecular flexibility index (Phi) is 6.07. The van der Waals surface area contributed by atoms with Crippen molar-refractivity contribution in [3.8, 4) is 0 Å². The second-order valence-electron chi connectivity index (χ2n) is 13.3. The number of likely N-dealkylation sites (tertiary alicyclic amines) is 1. The Balaban J connectivity index is 1.18. The van der Waals surface area contributed by atoms with E-state index in [0.717, 1.165) is 64.6 Å². The van der Waals surface area contributed by atoms with Gasteiger partial charge in [0.25, 0.3) is 0 Å². The Bertz CT molecular complexity index is 831. The van der Waals surface area contributed by atoms with Crippen LogP contribution >= 0.6 is 0 Å². The van der Waals surface area contributed by atoms with E-state index in [0.29, 0.717) is 35.4 Å². The second kappa shape index (κ2) is 8.50. The molecule has 1 heterocycles. The highest BCUT2D eigenvalue weighted by molar-refractivity contribution is 5.87. The Morgan fingerprint density at radius 2 is 1.82 bits per heavy atom. The number of fused-ring (bicyclic) bond motifs is 5. The quantitative estimate of drug-likeness (QED) is 0.389. The molecule has 4 heteroatoms. The maximum atomic E-state index is 12.7. The summed E-state index contributed by atoms with van der Waals surface area (Å²) in [7, 11) is 0. The zero-order valence-electron chi connectivity index (χ0n) is 21.5. The summed E-state index contributed by atoms with van der Waals surface area (Å²) in [6.07, 6.45) is 13.9. The van der Waals surface area contributed by atoms with E-state index in [1.807, 2.05) is 0 Å². The normalized spacial score (nSPS) is 42.7. The third-order valence-electron chi connectivity index (χ3n) is 10.7. The number of allylic oxidation sites excluding steroid dienone is 1. The Morgan fingerprint density at radius 1 is 1.06 bits per heavy atom. The van der Waals surface area contributed by atoms with E-state index >= 15 is 0 Å². The number of nitrogens with zero attached hydrogens (tertiary/aromatic N) is 1. The monoisotopic (exact) mass is 455 g/mol. The summed E-state index contributed by atoms with van der Waals surface area (Å²) >= 11 is 0. The molecule has 184 valence electrons. The van der Waals surface area contributed by atoms with E-state index in [4.69, 9.17) is 4.74 Å². The van der Waals surface area contributed by atoms with Crippen LogP contribution in [0.15, 0.2) is 11.6 Å². The van der Waals surface area contributed by atoms with Crippen LogP contribution in [0.5, 0.6) is 0 Å². The number of hydrogen-bond donors (Lipinski definition) is 0. The van der Waals surface area contributed by atoms with Crippen LogP contribution in [0.4, 0.5) is 0 Å². The molecule has 4 fully saturated rings. The number of piperidine rings is 1. The highest BCUT2D eigenvalue weighted by Gasteiger charge is 2.58. The molecule has 0 amide bonds. The molecule has 6 atom stereocenters. The molecule has 0 aromatic carbocycles. The van der Waals surface area contributed by atoms with Crippen molar-refractivity contribution in [3.63, 3.8) is 0 Å². The molecule has 0 aromatic heterocycles. The number of rotatable bonds is 4. The van der Waals surface area contributed by atoms with Crippen LogP contribution in [0.1, 0.15) is 98.3 Å². The lowest BCUT2D eigenvalue weighted by Gasteiger charge is -2.56. The number of carbonyl (C=O) groups is 2. The smallest absolute Gasteiger partial charge is 0.307 e. The van der Waals surface area contributed by atoms with E-state index in [2.05, 4.69) is 38.7 Å². The van der Waals surface area contributed by atoms with Crippen LogP contribution in [0, 0.1) is 34.0 Å². The molecule has 0 aromatic rings. The van der Waals surface area contributed by atoms with Gasteiger partial charge in [0.2, 0.25) is 0 Å². The van der Waals surface area contributed by atoms with Crippen LogP contribution in [0.2, 0.25) is 0 Å². The van der Waals surface area contributed by atoms with Gasteiger partial charge in [-0.3, -0.25) is 9.59 Å². The van der Waals surface area contributed by atoms with Gasteiger partial charge in [-0.15, -0.1) is 0 Å². The van der Waals surface area contributed by atoms with E-state index in [9.17, 15) is 9.59 Å². The predicted octanol–water partition coefficient (Wildman–Crippen LogP) is 5.94. The Hall–Kier alpha value is -1.16. The van der Waals surface area contributed by atoms with E-state index in [1.165, 1.54) is 19.3 Å². The summed E-state index contributed by atoms with van der Waals surface area (Å²) in [4.78, 5) is 27.7. The zero-order valence-corrected chi connectivity index (χ0v) is 21.5. The summed E-state index contributed by atoms with van der Waals surface area (Å²) in [6, 6.07) is 0. The van der Waals surface area contributed by atoms with Crippen molar-refractivity contribution in [2.45, 2.75) is 104 Å². The summed E-state index contributed by atoms with van der Waals surface area (Å²) in [6.45, 7) is 12.4. The molecule has 5 rings (SSSR count).